The standard InChI is InChI=1S/C33H41NO6SSi/c1-32(2,3)42(6,7)40-28-21-25(31(35)38-4)30(39-41(5,36)37)29(28)34-33(22-15-9-8-10-16-22)26-19-13-11-17-23(26)24-18-12-14-20-27(24)33/h8-20,25,28-30,34H,21H2,1-7H3/t25-,28-,29-,30+/m0/s1. The minimum Gasteiger partial charge on any atom is -0.469 e. The molecule has 1 N–H and O–H groups in total. The molecule has 224 valence electrons. The first kappa shape index (κ1) is 30.6. The van der Waals surface area contributed by atoms with Gasteiger partial charge in [-0.1, -0.05) is 99.6 Å². The zero-order valence-corrected chi connectivity index (χ0v) is 27.2. The van der Waals surface area contributed by atoms with Crippen LogP contribution in [0.1, 0.15) is 43.9 Å². The molecule has 3 aromatic rings. The van der Waals surface area contributed by atoms with Crippen molar-refractivity contribution in [3.8, 4) is 11.1 Å². The number of fused-ring (bicyclic) bond motifs is 3. The second kappa shape index (κ2) is 11.0. The fraction of sp³-hybridized carbons (Fsp3) is 0.424. The van der Waals surface area contributed by atoms with Crippen molar-refractivity contribution < 1.29 is 26.6 Å². The zero-order valence-electron chi connectivity index (χ0n) is 25.4. The summed E-state index contributed by atoms with van der Waals surface area (Å²) in [5.74, 6) is -1.35. The van der Waals surface area contributed by atoms with Crippen molar-refractivity contribution in [3.05, 3.63) is 95.6 Å². The third-order valence-electron chi connectivity index (χ3n) is 9.22. The van der Waals surface area contributed by atoms with Gasteiger partial charge in [-0.05, 0) is 52.4 Å². The monoisotopic (exact) mass is 607 g/mol. The van der Waals surface area contributed by atoms with Crippen molar-refractivity contribution in [1.82, 2.24) is 5.32 Å². The van der Waals surface area contributed by atoms with Gasteiger partial charge in [-0.2, -0.15) is 8.42 Å². The summed E-state index contributed by atoms with van der Waals surface area (Å²) in [7, 11) is -5.00. The second-order valence-electron chi connectivity index (χ2n) is 12.9. The Morgan fingerprint density at radius 1 is 0.905 bits per heavy atom. The highest BCUT2D eigenvalue weighted by Crippen LogP contribution is 2.52. The van der Waals surface area contributed by atoms with Crippen LogP contribution in [0.3, 0.4) is 0 Å². The molecule has 9 heteroatoms. The molecule has 1 saturated carbocycles. The van der Waals surface area contributed by atoms with Crippen molar-refractivity contribution in [3.63, 3.8) is 0 Å². The van der Waals surface area contributed by atoms with Crippen molar-refractivity contribution in [2.75, 3.05) is 13.4 Å². The van der Waals surface area contributed by atoms with E-state index in [2.05, 4.69) is 75.6 Å². The quantitative estimate of drug-likeness (QED) is 0.195. The molecule has 5 rings (SSSR count). The number of hydrogen-bond acceptors (Lipinski definition) is 7. The number of methoxy groups -OCH3 is 1. The Kier molecular flexibility index (Phi) is 8.04. The summed E-state index contributed by atoms with van der Waals surface area (Å²) in [6, 6.07) is 26.0. The van der Waals surface area contributed by atoms with E-state index in [9.17, 15) is 13.2 Å². The SMILES string of the molecule is COC(=O)[C@H]1C[C@H](O[Si](C)(C)C(C)(C)C)[C@H](NC2(c3ccccc3)c3ccccc3-c3ccccc32)[C@@H]1OS(C)(=O)=O. The smallest absolute Gasteiger partial charge is 0.311 e. The number of hydrogen-bond donors (Lipinski definition) is 1. The van der Waals surface area contributed by atoms with E-state index in [1.807, 2.05) is 42.5 Å². The third kappa shape index (κ3) is 5.37. The van der Waals surface area contributed by atoms with E-state index in [-0.39, 0.29) is 11.5 Å². The molecule has 0 bridgehead atoms. The van der Waals surface area contributed by atoms with Crippen LogP contribution >= 0.6 is 0 Å². The van der Waals surface area contributed by atoms with Gasteiger partial charge in [0.1, 0.15) is 6.10 Å². The number of benzene rings is 3. The molecule has 0 heterocycles. The van der Waals surface area contributed by atoms with Gasteiger partial charge < -0.3 is 9.16 Å². The number of carbonyl (C=O) groups is 1. The molecule has 3 aromatic carbocycles. The van der Waals surface area contributed by atoms with Crippen molar-refractivity contribution in [2.24, 2.45) is 5.92 Å². The van der Waals surface area contributed by atoms with Gasteiger partial charge in [0.2, 0.25) is 0 Å². The van der Waals surface area contributed by atoms with Gasteiger partial charge in [0.15, 0.2) is 8.32 Å². The molecule has 0 amide bonds. The van der Waals surface area contributed by atoms with E-state index < -0.39 is 54.1 Å². The maximum absolute atomic E-state index is 13.2. The van der Waals surface area contributed by atoms with Gasteiger partial charge in [-0.15, -0.1) is 0 Å². The summed E-state index contributed by atoms with van der Waals surface area (Å²) >= 11 is 0. The van der Waals surface area contributed by atoms with E-state index in [0.717, 1.165) is 34.1 Å². The molecule has 0 spiro atoms. The molecule has 0 saturated heterocycles. The highest BCUT2D eigenvalue weighted by molar-refractivity contribution is 7.86. The molecule has 4 atom stereocenters. The fourth-order valence-corrected chi connectivity index (χ4v) is 8.29. The Morgan fingerprint density at radius 3 is 1.93 bits per heavy atom. The van der Waals surface area contributed by atoms with Crippen LogP contribution in [0.2, 0.25) is 18.1 Å². The van der Waals surface area contributed by atoms with Crippen LogP contribution in [-0.2, 0) is 33.8 Å². The summed E-state index contributed by atoms with van der Waals surface area (Å²) < 4.78 is 43.4. The number of nitrogens with one attached hydrogen (secondary N) is 1. The minimum absolute atomic E-state index is 0.113. The van der Waals surface area contributed by atoms with Gasteiger partial charge >= 0.3 is 5.97 Å². The molecular weight excluding hydrogens is 567 g/mol. The fourth-order valence-electron chi connectivity index (χ4n) is 6.28. The lowest BCUT2D eigenvalue weighted by molar-refractivity contribution is -0.148. The number of rotatable bonds is 8. The highest BCUT2D eigenvalue weighted by atomic mass is 32.2. The Hall–Kier alpha value is -2.82. The van der Waals surface area contributed by atoms with Gasteiger partial charge in [0.25, 0.3) is 10.1 Å². The number of ether oxygens (including phenoxy) is 1. The summed E-state index contributed by atoms with van der Waals surface area (Å²) in [5.41, 5.74) is 4.40. The maximum atomic E-state index is 13.2. The number of carbonyl (C=O) groups excluding carboxylic acids is 1. The third-order valence-corrected chi connectivity index (χ3v) is 14.3. The molecule has 0 unspecified atom stereocenters. The molecule has 0 radical (unpaired) electrons. The summed E-state index contributed by atoms with van der Waals surface area (Å²) in [6.45, 7) is 10.8. The van der Waals surface area contributed by atoms with E-state index in [4.69, 9.17) is 13.3 Å². The molecule has 2 aliphatic rings. The van der Waals surface area contributed by atoms with Crippen molar-refractivity contribution >= 4 is 24.4 Å². The molecule has 1 fully saturated rings. The van der Waals surface area contributed by atoms with Crippen LogP contribution in [0.4, 0.5) is 0 Å². The highest BCUT2D eigenvalue weighted by Gasteiger charge is 2.56. The van der Waals surface area contributed by atoms with Gasteiger partial charge in [-0.25, -0.2) is 0 Å². The normalized spacial score (nSPS) is 23.3. The lowest BCUT2D eigenvalue weighted by Crippen LogP contribution is -2.58. The van der Waals surface area contributed by atoms with Gasteiger partial charge in [0.05, 0.1) is 37.0 Å². The molecule has 42 heavy (non-hydrogen) atoms. The van der Waals surface area contributed by atoms with Crippen LogP contribution in [0.5, 0.6) is 0 Å². The molecule has 2 aliphatic carbocycles. The van der Waals surface area contributed by atoms with Crippen molar-refractivity contribution in [2.45, 2.75) is 69.1 Å². The Labute approximate surface area is 250 Å². The first-order valence-corrected chi connectivity index (χ1v) is 19.1. The predicted molar refractivity (Wildman–Crippen MR) is 167 cm³/mol. The van der Waals surface area contributed by atoms with E-state index in [0.29, 0.717) is 0 Å². The van der Waals surface area contributed by atoms with Crippen LogP contribution < -0.4 is 5.32 Å². The minimum atomic E-state index is -3.94. The van der Waals surface area contributed by atoms with Gasteiger partial charge in [0, 0.05) is 0 Å². The zero-order chi connectivity index (χ0) is 30.5. The lowest BCUT2D eigenvalue weighted by Gasteiger charge is -2.43. The number of esters is 1. The van der Waals surface area contributed by atoms with Crippen LogP contribution in [0.15, 0.2) is 78.9 Å². The molecular formula is C33H41NO6SSi. The average Bonchev–Trinajstić information content (AvgIpc) is 3.40. The maximum Gasteiger partial charge on any atom is 0.311 e. The van der Waals surface area contributed by atoms with Gasteiger partial charge in [-0.3, -0.25) is 14.3 Å². The largest absolute Gasteiger partial charge is 0.469 e. The molecule has 0 aliphatic heterocycles. The topological polar surface area (TPSA) is 90.9 Å². The lowest BCUT2D eigenvalue weighted by atomic mass is 9.79. The van der Waals surface area contributed by atoms with E-state index >= 15 is 0 Å². The van der Waals surface area contributed by atoms with Crippen LogP contribution in [-0.4, -0.2) is 54.3 Å². The summed E-state index contributed by atoms with van der Waals surface area (Å²) in [6.07, 6.45) is -0.261. The van der Waals surface area contributed by atoms with Crippen molar-refractivity contribution in [1.29, 1.82) is 0 Å². The Morgan fingerprint density at radius 2 is 1.43 bits per heavy atom. The molecule has 0 aromatic heterocycles. The van der Waals surface area contributed by atoms with E-state index in [1.165, 1.54) is 7.11 Å². The predicted octanol–water partition coefficient (Wildman–Crippen LogP) is 5.85. The van der Waals surface area contributed by atoms with E-state index in [1.54, 1.807) is 0 Å². The first-order chi connectivity index (χ1) is 19.7. The summed E-state index contributed by atoms with van der Waals surface area (Å²) in [4.78, 5) is 13.2. The summed E-state index contributed by atoms with van der Waals surface area (Å²) in [5, 5.41) is 3.81. The Balaban J connectivity index is 1.74. The average molecular weight is 608 g/mol. The van der Waals surface area contributed by atoms with Crippen LogP contribution in [0.25, 0.3) is 11.1 Å². The second-order valence-corrected chi connectivity index (χ2v) is 19.3. The van der Waals surface area contributed by atoms with Crippen LogP contribution in [0, 0.1) is 5.92 Å². The first-order valence-electron chi connectivity index (χ1n) is 14.4. The molecule has 7 nitrogen and oxygen atoms in total. The Bertz CT molecular complexity index is 1520.